The fourth-order valence-electron chi connectivity index (χ4n) is 2.09. The zero-order valence-electron chi connectivity index (χ0n) is 10.5. The minimum Gasteiger partial charge on any atom is -0.397 e. The molecule has 0 saturated heterocycles. The first-order valence-corrected chi connectivity index (χ1v) is 5.99. The molecule has 0 amide bonds. The average molecular weight is 266 g/mol. The van der Waals surface area contributed by atoms with Crippen molar-refractivity contribution in [2.24, 2.45) is 0 Å². The highest BCUT2D eigenvalue weighted by atomic mass is 16.5. The van der Waals surface area contributed by atoms with Crippen molar-refractivity contribution < 1.29 is 15.4 Å². The second-order valence-electron chi connectivity index (χ2n) is 4.17. The van der Waals surface area contributed by atoms with Crippen LogP contribution in [0.25, 0.3) is 6.08 Å². The van der Waals surface area contributed by atoms with Crippen LogP contribution in [0.3, 0.4) is 0 Å². The van der Waals surface area contributed by atoms with Crippen LogP contribution >= 0.6 is 0 Å². The minimum absolute atomic E-state index is 0.0115. The van der Waals surface area contributed by atoms with Crippen LogP contribution in [0.1, 0.15) is 5.56 Å². The van der Waals surface area contributed by atoms with Gasteiger partial charge in [0.15, 0.2) is 0 Å². The van der Waals surface area contributed by atoms with Gasteiger partial charge in [-0.15, -0.1) is 0 Å². The maximum Gasteiger partial charge on any atom is 0.0888 e. The molecular weight excluding hydrogens is 248 g/mol. The number of hydrogen-bond acceptors (Lipinski definition) is 7. The lowest BCUT2D eigenvalue weighted by Crippen LogP contribution is -2.31. The van der Waals surface area contributed by atoms with Gasteiger partial charge in [-0.25, -0.2) is 0 Å². The maximum atomic E-state index is 9.40. The van der Waals surface area contributed by atoms with Gasteiger partial charge in [0.2, 0.25) is 0 Å². The van der Waals surface area contributed by atoms with Gasteiger partial charge in [0.05, 0.1) is 30.8 Å². The molecule has 19 heavy (non-hydrogen) atoms. The van der Waals surface area contributed by atoms with Crippen molar-refractivity contribution in [2.75, 3.05) is 42.4 Å². The number of hydroxylamine groups is 1. The van der Waals surface area contributed by atoms with Crippen LogP contribution in [0, 0.1) is 0 Å². The van der Waals surface area contributed by atoms with Gasteiger partial charge in [-0.1, -0.05) is 0 Å². The predicted molar refractivity (Wildman–Crippen MR) is 73.5 cm³/mol. The molecule has 1 aliphatic heterocycles. The summed E-state index contributed by atoms with van der Waals surface area (Å²) in [7, 11) is 0. The van der Waals surface area contributed by atoms with Crippen LogP contribution in [0.2, 0.25) is 0 Å². The van der Waals surface area contributed by atoms with E-state index in [0.29, 0.717) is 24.5 Å². The van der Waals surface area contributed by atoms with Gasteiger partial charge in [-0.3, -0.25) is 10.6 Å². The summed E-state index contributed by atoms with van der Waals surface area (Å²) in [6.45, 7) is 0.798. The van der Waals surface area contributed by atoms with Gasteiger partial charge in [0.1, 0.15) is 0 Å². The van der Waals surface area contributed by atoms with Crippen molar-refractivity contribution in [1.82, 2.24) is 5.17 Å². The van der Waals surface area contributed by atoms with E-state index in [1.807, 2.05) is 11.0 Å². The molecule has 0 atom stereocenters. The molecule has 0 unspecified atom stereocenters. The highest BCUT2D eigenvalue weighted by molar-refractivity contribution is 5.87. The van der Waals surface area contributed by atoms with E-state index in [9.17, 15) is 5.21 Å². The Labute approximate surface area is 111 Å². The second-order valence-corrected chi connectivity index (χ2v) is 4.17. The number of nitrogen functional groups attached to an aromatic ring is 1. The monoisotopic (exact) mass is 266 g/mol. The van der Waals surface area contributed by atoms with E-state index in [1.165, 1.54) is 6.20 Å². The molecule has 0 aliphatic carbocycles. The van der Waals surface area contributed by atoms with Crippen molar-refractivity contribution in [3.63, 3.8) is 0 Å². The highest BCUT2D eigenvalue weighted by Gasteiger charge is 2.18. The summed E-state index contributed by atoms with van der Waals surface area (Å²) in [5.41, 5.74) is 11.4. The van der Waals surface area contributed by atoms with E-state index in [2.05, 4.69) is 5.43 Å². The number of fused-ring (bicyclic) bond motifs is 1. The van der Waals surface area contributed by atoms with Crippen LogP contribution < -0.4 is 16.1 Å². The first kappa shape index (κ1) is 13.5. The molecule has 1 aliphatic rings. The molecule has 0 bridgehead atoms. The Bertz CT molecular complexity index is 472. The van der Waals surface area contributed by atoms with Gasteiger partial charge < -0.3 is 20.8 Å². The number of hydrogen-bond donors (Lipinski definition) is 5. The van der Waals surface area contributed by atoms with Gasteiger partial charge in [0, 0.05) is 24.3 Å². The smallest absolute Gasteiger partial charge is 0.0888 e. The Morgan fingerprint density at radius 3 is 2.53 bits per heavy atom. The topological polar surface area (TPSA) is 105 Å². The van der Waals surface area contributed by atoms with Crippen LogP contribution in [0.4, 0.5) is 17.1 Å². The third kappa shape index (κ3) is 2.73. The molecule has 7 heteroatoms. The van der Waals surface area contributed by atoms with Crippen LogP contribution in [0.15, 0.2) is 18.3 Å². The van der Waals surface area contributed by atoms with E-state index >= 15 is 0 Å². The summed E-state index contributed by atoms with van der Waals surface area (Å²) in [5, 5.41) is 28.4. The van der Waals surface area contributed by atoms with Crippen LogP contribution in [-0.4, -0.2) is 46.9 Å². The largest absolute Gasteiger partial charge is 0.397 e. The van der Waals surface area contributed by atoms with E-state index in [-0.39, 0.29) is 13.2 Å². The zero-order chi connectivity index (χ0) is 13.8. The van der Waals surface area contributed by atoms with Crippen molar-refractivity contribution in [3.8, 4) is 0 Å². The van der Waals surface area contributed by atoms with Crippen molar-refractivity contribution in [2.45, 2.75) is 0 Å². The van der Waals surface area contributed by atoms with Gasteiger partial charge in [-0.05, 0) is 18.2 Å². The highest BCUT2D eigenvalue weighted by Crippen LogP contribution is 2.36. The molecule has 1 aromatic carbocycles. The zero-order valence-corrected chi connectivity index (χ0v) is 10.5. The Morgan fingerprint density at radius 1 is 1.21 bits per heavy atom. The van der Waals surface area contributed by atoms with E-state index in [1.54, 1.807) is 12.1 Å². The number of benzene rings is 1. The van der Waals surface area contributed by atoms with E-state index in [4.69, 9.17) is 15.9 Å². The number of hydrazine groups is 1. The summed E-state index contributed by atoms with van der Waals surface area (Å²) in [5.74, 6) is 0. The average Bonchev–Trinajstić information content (AvgIpc) is 2.40. The van der Waals surface area contributed by atoms with Crippen molar-refractivity contribution in [1.29, 1.82) is 0 Å². The molecule has 0 saturated carbocycles. The molecule has 6 N–H and O–H groups in total. The SMILES string of the molecule is Nc1ccc(N(CCO)CCO)c2c1NN(O)C=C2. The third-order valence-corrected chi connectivity index (χ3v) is 2.94. The summed E-state index contributed by atoms with van der Waals surface area (Å²) < 4.78 is 0. The normalized spacial score (nSPS) is 13.1. The Morgan fingerprint density at radius 2 is 1.89 bits per heavy atom. The standard InChI is InChI=1S/C12H18N4O3/c13-10-1-2-11(15(5-7-17)6-8-18)9-3-4-16(19)14-12(9)10/h1-4,14,17-19H,5-8,13H2. The Balaban J connectivity index is 2.42. The summed E-state index contributed by atoms with van der Waals surface area (Å²) in [6, 6.07) is 3.55. The Kier molecular flexibility index (Phi) is 4.10. The lowest BCUT2D eigenvalue weighted by molar-refractivity contribution is -0.0140. The Hall–Kier alpha value is -1.96. The van der Waals surface area contributed by atoms with E-state index < -0.39 is 0 Å². The summed E-state index contributed by atoms with van der Waals surface area (Å²) in [4.78, 5) is 1.86. The number of aliphatic hydroxyl groups excluding tert-OH is 2. The van der Waals surface area contributed by atoms with Gasteiger partial charge >= 0.3 is 0 Å². The van der Waals surface area contributed by atoms with Crippen LogP contribution in [-0.2, 0) is 0 Å². The number of nitrogens with one attached hydrogen (secondary N) is 1. The van der Waals surface area contributed by atoms with Gasteiger partial charge in [-0.2, -0.15) is 5.17 Å². The van der Waals surface area contributed by atoms with Crippen molar-refractivity contribution in [3.05, 3.63) is 23.9 Å². The summed E-state index contributed by atoms with van der Waals surface area (Å²) >= 11 is 0. The van der Waals surface area contributed by atoms with E-state index in [0.717, 1.165) is 16.4 Å². The fraction of sp³-hybridized carbons (Fsp3) is 0.333. The quantitative estimate of drug-likeness (QED) is 0.480. The molecular formula is C12H18N4O3. The molecule has 0 spiro atoms. The minimum atomic E-state index is -0.0115. The van der Waals surface area contributed by atoms with Crippen LogP contribution in [0.5, 0.6) is 0 Å². The summed E-state index contributed by atoms with van der Waals surface area (Å²) in [6.07, 6.45) is 3.18. The molecule has 1 heterocycles. The lowest BCUT2D eigenvalue weighted by Gasteiger charge is -2.29. The predicted octanol–water partition coefficient (Wildman–Crippen LogP) is 0.0622. The number of nitrogens with zero attached hydrogens (tertiary/aromatic N) is 2. The third-order valence-electron chi connectivity index (χ3n) is 2.94. The lowest BCUT2D eigenvalue weighted by atomic mass is 10.1. The van der Waals surface area contributed by atoms with Gasteiger partial charge in [0.25, 0.3) is 0 Å². The number of anilines is 3. The molecule has 2 rings (SSSR count). The molecule has 1 aromatic rings. The molecule has 0 aromatic heterocycles. The molecule has 104 valence electrons. The molecule has 7 nitrogen and oxygen atoms in total. The first-order chi connectivity index (χ1) is 9.17. The second kappa shape index (κ2) is 5.79. The molecule has 0 radical (unpaired) electrons. The number of nitrogens with two attached hydrogens (primary N) is 1. The fourth-order valence-corrected chi connectivity index (χ4v) is 2.09. The number of rotatable bonds is 5. The van der Waals surface area contributed by atoms with Crippen molar-refractivity contribution >= 4 is 23.1 Å². The number of aliphatic hydroxyl groups is 2. The first-order valence-electron chi connectivity index (χ1n) is 5.99. The molecule has 0 fully saturated rings. The maximum absolute atomic E-state index is 9.40.